The number of benzene rings is 2. The molecule has 8 heteroatoms. The Morgan fingerprint density at radius 2 is 1.67 bits per heavy atom. The molecule has 2 rings (SSSR count). The molecule has 0 atom stereocenters. The molecular weight excluding hydrogens is 355 g/mol. The summed E-state index contributed by atoms with van der Waals surface area (Å²) in [4.78, 5) is 0.0764. The third-order valence-corrected chi connectivity index (χ3v) is 4.85. The van der Waals surface area contributed by atoms with Crippen LogP contribution in [0.2, 0.25) is 15.1 Å². The molecule has 0 fully saturated rings. The number of rotatable bonds is 4. The number of anilines is 1. The third kappa shape index (κ3) is 3.81. The van der Waals surface area contributed by atoms with Crippen molar-refractivity contribution in [3.8, 4) is 0 Å². The van der Waals surface area contributed by atoms with Crippen molar-refractivity contribution >= 4 is 50.5 Å². The molecule has 2 aromatic rings. The fourth-order valence-corrected chi connectivity index (χ4v) is 3.87. The predicted molar refractivity (Wildman–Crippen MR) is 86.6 cm³/mol. The van der Waals surface area contributed by atoms with E-state index < -0.39 is 10.0 Å². The summed E-state index contributed by atoms with van der Waals surface area (Å²) in [6, 6.07) is 9.11. The summed E-state index contributed by atoms with van der Waals surface area (Å²) < 4.78 is 27.1. The fourth-order valence-electron chi connectivity index (χ4n) is 1.67. The lowest BCUT2D eigenvalue weighted by atomic mass is 10.2. The fraction of sp³-hybridized carbons (Fsp3) is 0.0769. The van der Waals surface area contributed by atoms with Gasteiger partial charge in [-0.15, -0.1) is 0 Å². The Hall–Kier alpha value is -0.980. The highest BCUT2D eigenvalue weighted by atomic mass is 35.5. The van der Waals surface area contributed by atoms with Crippen molar-refractivity contribution in [3.63, 3.8) is 0 Å². The molecule has 0 saturated carbocycles. The van der Waals surface area contributed by atoms with E-state index in [1.807, 2.05) is 0 Å². The summed E-state index contributed by atoms with van der Waals surface area (Å²) in [5.41, 5.74) is 6.29. The van der Waals surface area contributed by atoms with Crippen LogP contribution in [0.4, 0.5) is 5.69 Å². The topological polar surface area (TPSA) is 72.2 Å². The van der Waals surface area contributed by atoms with E-state index >= 15 is 0 Å². The van der Waals surface area contributed by atoms with Gasteiger partial charge in [0, 0.05) is 11.6 Å². The summed E-state index contributed by atoms with van der Waals surface area (Å²) in [6.45, 7) is 0.242. The Bertz CT molecular complexity index is 756. The van der Waals surface area contributed by atoms with Crippen molar-refractivity contribution in [2.24, 2.45) is 5.73 Å². The highest BCUT2D eigenvalue weighted by Gasteiger charge is 2.18. The number of halogens is 3. The first-order valence-corrected chi connectivity index (χ1v) is 8.41. The van der Waals surface area contributed by atoms with Crippen LogP contribution in [0.1, 0.15) is 5.56 Å². The average molecular weight is 366 g/mol. The van der Waals surface area contributed by atoms with Crippen LogP contribution in [0.3, 0.4) is 0 Å². The second-order valence-electron chi connectivity index (χ2n) is 4.20. The van der Waals surface area contributed by atoms with Gasteiger partial charge in [0.2, 0.25) is 0 Å². The highest BCUT2D eigenvalue weighted by Crippen LogP contribution is 2.35. The van der Waals surface area contributed by atoms with Gasteiger partial charge in [0.05, 0.1) is 20.6 Å². The van der Waals surface area contributed by atoms with Crippen LogP contribution >= 0.6 is 34.8 Å². The van der Waals surface area contributed by atoms with Crippen molar-refractivity contribution in [1.29, 1.82) is 0 Å². The standard InChI is InChI=1S/C13H11Cl3N2O2S/c14-9-5-11(15)13(12(16)6-9)18-21(19,20)10-3-1-2-8(4-10)7-17/h1-6,18H,7,17H2. The first kappa shape index (κ1) is 16.4. The number of hydrogen-bond donors (Lipinski definition) is 2. The van der Waals surface area contributed by atoms with E-state index in [0.717, 1.165) is 0 Å². The van der Waals surface area contributed by atoms with Gasteiger partial charge in [-0.3, -0.25) is 4.72 Å². The van der Waals surface area contributed by atoms with Gasteiger partial charge >= 0.3 is 0 Å². The molecule has 0 bridgehead atoms. The quantitative estimate of drug-likeness (QED) is 0.863. The molecule has 0 aromatic heterocycles. The van der Waals surface area contributed by atoms with Crippen LogP contribution < -0.4 is 10.5 Å². The van der Waals surface area contributed by atoms with E-state index in [2.05, 4.69) is 4.72 Å². The smallest absolute Gasteiger partial charge is 0.261 e. The van der Waals surface area contributed by atoms with Gasteiger partial charge in [0.25, 0.3) is 10.0 Å². The van der Waals surface area contributed by atoms with Gasteiger partial charge < -0.3 is 5.73 Å². The van der Waals surface area contributed by atoms with Gasteiger partial charge in [-0.05, 0) is 29.8 Å². The van der Waals surface area contributed by atoms with Gasteiger partial charge in [0.15, 0.2) is 0 Å². The minimum atomic E-state index is -3.82. The summed E-state index contributed by atoms with van der Waals surface area (Å²) in [7, 11) is -3.82. The Balaban J connectivity index is 2.42. The normalized spacial score (nSPS) is 11.4. The lowest BCUT2D eigenvalue weighted by Gasteiger charge is -2.12. The van der Waals surface area contributed by atoms with Crippen molar-refractivity contribution < 1.29 is 8.42 Å². The van der Waals surface area contributed by atoms with Crippen LogP contribution in [0.15, 0.2) is 41.3 Å². The maximum atomic E-state index is 12.4. The molecule has 0 unspecified atom stereocenters. The zero-order valence-electron chi connectivity index (χ0n) is 10.6. The van der Waals surface area contributed by atoms with Gasteiger partial charge in [-0.1, -0.05) is 46.9 Å². The third-order valence-electron chi connectivity index (χ3n) is 2.69. The summed E-state index contributed by atoms with van der Waals surface area (Å²) in [6.07, 6.45) is 0. The molecule has 0 amide bonds. The van der Waals surface area contributed by atoms with E-state index in [1.54, 1.807) is 12.1 Å². The van der Waals surface area contributed by atoms with E-state index in [9.17, 15) is 8.42 Å². The summed E-state index contributed by atoms with van der Waals surface area (Å²) in [5, 5.41) is 0.551. The minimum Gasteiger partial charge on any atom is -0.326 e. The van der Waals surface area contributed by atoms with Gasteiger partial charge in [-0.2, -0.15) is 0 Å². The zero-order valence-corrected chi connectivity index (χ0v) is 13.7. The van der Waals surface area contributed by atoms with Crippen molar-refractivity contribution in [3.05, 3.63) is 57.0 Å². The van der Waals surface area contributed by atoms with Crippen molar-refractivity contribution in [2.75, 3.05) is 4.72 Å². The Kier molecular flexibility index (Phi) is 5.01. The zero-order chi connectivity index (χ0) is 15.6. The lowest BCUT2D eigenvalue weighted by Crippen LogP contribution is -2.14. The molecule has 0 radical (unpaired) electrons. The van der Waals surface area contributed by atoms with Crippen LogP contribution in [-0.4, -0.2) is 8.42 Å². The molecule has 0 aliphatic heterocycles. The minimum absolute atomic E-state index is 0.0764. The Morgan fingerprint density at radius 1 is 1.05 bits per heavy atom. The summed E-state index contributed by atoms with van der Waals surface area (Å²) in [5.74, 6) is 0. The molecule has 112 valence electrons. The van der Waals surface area contributed by atoms with Gasteiger partial charge in [-0.25, -0.2) is 8.42 Å². The predicted octanol–water partition coefficient (Wildman–Crippen LogP) is 3.91. The van der Waals surface area contributed by atoms with Crippen LogP contribution in [0.5, 0.6) is 0 Å². The molecule has 21 heavy (non-hydrogen) atoms. The molecule has 2 aromatic carbocycles. The van der Waals surface area contributed by atoms with E-state index in [-0.39, 0.29) is 27.2 Å². The van der Waals surface area contributed by atoms with Crippen molar-refractivity contribution in [1.82, 2.24) is 0 Å². The van der Waals surface area contributed by atoms with E-state index in [1.165, 1.54) is 24.3 Å². The summed E-state index contributed by atoms with van der Waals surface area (Å²) >= 11 is 17.7. The average Bonchev–Trinajstić information content (AvgIpc) is 2.43. The molecule has 0 saturated heterocycles. The Morgan fingerprint density at radius 3 is 2.24 bits per heavy atom. The van der Waals surface area contributed by atoms with E-state index in [4.69, 9.17) is 40.5 Å². The number of nitrogens with two attached hydrogens (primary N) is 1. The maximum Gasteiger partial charge on any atom is 0.261 e. The molecule has 3 N–H and O–H groups in total. The number of hydrogen-bond acceptors (Lipinski definition) is 3. The molecule has 0 heterocycles. The first-order valence-electron chi connectivity index (χ1n) is 5.80. The van der Waals surface area contributed by atoms with Crippen molar-refractivity contribution in [2.45, 2.75) is 11.4 Å². The van der Waals surface area contributed by atoms with Crippen LogP contribution in [0, 0.1) is 0 Å². The first-order chi connectivity index (χ1) is 9.83. The number of nitrogens with one attached hydrogen (secondary N) is 1. The van der Waals surface area contributed by atoms with Gasteiger partial charge in [0.1, 0.15) is 0 Å². The maximum absolute atomic E-state index is 12.4. The van der Waals surface area contributed by atoms with Crippen LogP contribution in [-0.2, 0) is 16.6 Å². The molecule has 4 nitrogen and oxygen atoms in total. The SMILES string of the molecule is NCc1cccc(S(=O)(=O)Nc2c(Cl)cc(Cl)cc2Cl)c1. The highest BCUT2D eigenvalue weighted by molar-refractivity contribution is 7.92. The molecular formula is C13H11Cl3N2O2S. The molecule has 0 spiro atoms. The monoisotopic (exact) mass is 364 g/mol. The molecule has 0 aliphatic rings. The second-order valence-corrected chi connectivity index (χ2v) is 7.13. The van der Waals surface area contributed by atoms with Crippen LogP contribution in [0.25, 0.3) is 0 Å². The van der Waals surface area contributed by atoms with E-state index in [0.29, 0.717) is 10.6 Å². The largest absolute Gasteiger partial charge is 0.326 e. The molecule has 0 aliphatic carbocycles. The Labute approximate surface area is 137 Å². The number of sulfonamides is 1. The second kappa shape index (κ2) is 6.42. The lowest BCUT2D eigenvalue weighted by molar-refractivity contribution is 0.601.